The van der Waals surface area contributed by atoms with Crippen molar-refractivity contribution < 1.29 is 9.72 Å². The second kappa shape index (κ2) is 7.75. The number of carbonyl (C=O) groups excluding carboxylic acids is 1. The van der Waals surface area contributed by atoms with E-state index in [1.54, 1.807) is 18.2 Å². The first kappa shape index (κ1) is 20.5. The number of hydrogen-bond donors (Lipinski definition) is 0. The van der Waals surface area contributed by atoms with Gasteiger partial charge in [-0.1, -0.05) is 24.3 Å². The number of aromatic nitrogens is 4. The van der Waals surface area contributed by atoms with Gasteiger partial charge in [0, 0.05) is 43.0 Å². The van der Waals surface area contributed by atoms with Gasteiger partial charge in [0.25, 0.3) is 5.69 Å². The summed E-state index contributed by atoms with van der Waals surface area (Å²) in [6.07, 6.45) is 1.97. The smallest absolute Gasteiger partial charge is 0.280 e. The van der Waals surface area contributed by atoms with Crippen molar-refractivity contribution in [2.24, 2.45) is 5.92 Å². The van der Waals surface area contributed by atoms with Gasteiger partial charge in [0.1, 0.15) is 0 Å². The minimum atomic E-state index is -0.408. The van der Waals surface area contributed by atoms with Crippen LogP contribution in [-0.4, -0.2) is 61.0 Å². The lowest BCUT2D eigenvalue weighted by molar-refractivity contribution is -0.384. The second-order valence-electron chi connectivity index (χ2n) is 8.99. The highest BCUT2D eigenvalue weighted by Crippen LogP contribution is 2.35. The Morgan fingerprint density at radius 2 is 1.82 bits per heavy atom. The topological polar surface area (TPSA) is 110 Å². The van der Waals surface area contributed by atoms with Crippen LogP contribution in [0.5, 0.6) is 0 Å². The van der Waals surface area contributed by atoms with E-state index in [4.69, 9.17) is 4.98 Å². The summed E-state index contributed by atoms with van der Waals surface area (Å²) >= 11 is 0. The van der Waals surface area contributed by atoms with E-state index in [9.17, 15) is 14.9 Å². The third-order valence-electron chi connectivity index (χ3n) is 6.69. The summed E-state index contributed by atoms with van der Waals surface area (Å²) in [5.41, 5.74) is 1.71. The molecule has 4 aromatic rings. The van der Waals surface area contributed by atoms with Gasteiger partial charge in [-0.25, -0.2) is 9.38 Å². The number of carbonyl (C=O) groups is 1. The maximum Gasteiger partial charge on any atom is 0.280 e. The Morgan fingerprint density at radius 1 is 1.06 bits per heavy atom. The van der Waals surface area contributed by atoms with Gasteiger partial charge < -0.3 is 9.80 Å². The van der Waals surface area contributed by atoms with E-state index in [0.717, 1.165) is 23.7 Å². The van der Waals surface area contributed by atoms with Gasteiger partial charge in [-0.2, -0.15) is 0 Å². The minimum Gasteiger partial charge on any atom is -0.338 e. The van der Waals surface area contributed by atoms with Crippen LogP contribution in [0.3, 0.4) is 0 Å². The van der Waals surface area contributed by atoms with Gasteiger partial charge in [-0.05, 0) is 38.0 Å². The first-order valence-electron chi connectivity index (χ1n) is 11.5. The zero-order chi connectivity index (χ0) is 23.4. The fourth-order valence-electron chi connectivity index (χ4n) is 4.81. The van der Waals surface area contributed by atoms with E-state index in [0.29, 0.717) is 42.6 Å². The lowest BCUT2D eigenvalue weighted by atomic mass is 10.1. The molecule has 2 fully saturated rings. The van der Waals surface area contributed by atoms with E-state index in [1.165, 1.54) is 6.07 Å². The quantitative estimate of drug-likeness (QED) is 0.342. The normalized spacial score (nSPS) is 18.6. The van der Waals surface area contributed by atoms with Crippen molar-refractivity contribution in [1.82, 2.24) is 24.5 Å². The van der Waals surface area contributed by atoms with E-state index in [1.807, 2.05) is 33.6 Å². The van der Waals surface area contributed by atoms with Gasteiger partial charge >= 0.3 is 0 Å². The van der Waals surface area contributed by atoms with Crippen LogP contribution in [0.1, 0.15) is 19.8 Å². The van der Waals surface area contributed by atoms with Crippen LogP contribution < -0.4 is 4.90 Å². The summed E-state index contributed by atoms with van der Waals surface area (Å²) in [4.78, 5) is 33.1. The molecule has 0 N–H and O–H groups in total. The Bertz CT molecular complexity index is 1450. The van der Waals surface area contributed by atoms with Crippen molar-refractivity contribution >= 4 is 34.1 Å². The molecule has 1 atom stereocenters. The zero-order valence-corrected chi connectivity index (χ0v) is 18.7. The molecule has 6 rings (SSSR count). The molecule has 2 aromatic carbocycles. The second-order valence-corrected chi connectivity index (χ2v) is 8.99. The van der Waals surface area contributed by atoms with Crippen molar-refractivity contribution in [3.8, 4) is 11.4 Å². The molecule has 172 valence electrons. The Balaban J connectivity index is 1.50. The van der Waals surface area contributed by atoms with E-state index >= 15 is 0 Å². The number of rotatable bonds is 4. The number of fused-ring (bicyclic) bond motifs is 3. The number of anilines is 1. The average molecular weight is 457 g/mol. The summed E-state index contributed by atoms with van der Waals surface area (Å²) in [6, 6.07) is 14.2. The molecular formula is C24H23N7O3. The molecule has 0 unspecified atom stereocenters. The summed E-state index contributed by atoms with van der Waals surface area (Å²) in [6.45, 7) is 3.88. The van der Waals surface area contributed by atoms with E-state index in [2.05, 4.69) is 22.0 Å². The summed E-state index contributed by atoms with van der Waals surface area (Å²) in [5, 5.41) is 21.4. The molecule has 34 heavy (non-hydrogen) atoms. The van der Waals surface area contributed by atoms with Gasteiger partial charge in [-0.3, -0.25) is 14.9 Å². The summed E-state index contributed by atoms with van der Waals surface area (Å²) < 4.78 is 1.82. The van der Waals surface area contributed by atoms with Crippen LogP contribution in [0.25, 0.3) is 27.9 Å². The molecule has 2 aromatic heterocycles. The van der Waals surface area contributed by atoms with Crippen LogP contribution >= 0.6 is 0 Å². The summed E-state index contributed by atoms with van der Waals surface area (Å²) in [7, 11) is 0. The Morgan fingerprint density at radius 3 is 2.59 bits per heavy atom. The number of nitro benzene ring substituents is 1. The first-order chi connectivity index (χ1) is 16.5. The molecule has 1 aliphatic heterocycles. The predicted molar refractivity (Wildman–Crippen MR) is 126 cm³/mol. The van der Waals surface area contributed by atoms with Crippen molar-refractivity contribution in [3.05, 3.63) is 58.6 Å². The van der Waals surface area contributed by atoms with Crippen molar-refractivity contribution in [2.75, 3.05) is 24.5 Å². The first-order valence-corrected chi connectivity index (χ1v) is 11.5. The van der Waals surface area contributed by atoms with Crippen LogP contribution in [0.15, 0.2) is 48.5 Å². The maximum absolute atomic E-state index is 12.7. The van der Waals surface area contributed by atoms with Gasteiger partial charge in [0.05, 0.1) is 16.0 Å². The molecular weight excluding hydrogens is 434 g/mol. The molecule has 0 radical (unpaired) electrons. The molecule has 3 heterocycles. The highest BCUT2D eigenvalue weighted by atomic mass is 16.6. The van der Waals surface area contributed by atoms with Crippen molar-refractivity contribution in [1.29, 1.82) is 0 Å². The summed E-state index contributed by atoms with van der Waals surface area (Å²) in [5.74, 6) is 1.42. The monoisotopic (exact) mass is 457 g/mol. The van der Waals surface area contributed by atoms with E-state index in [-0.39, 0.29) is 23.6 Å². The highest BCUT2D eigenvalue weighted by molar-refractivity contribution is 5.93. The maximum atomic E-state index is 12.7. The van der Waals surface area contributed by atoms with Crippen LogP contribution in [0, 0.1) is 16.0 Å². The largest absolute Gasteiger partial charge is 0.338 e. The van der Waals surface area contributed by atoms with Crippen LogP contribution in [0.2, 0.25) is 0 Å². The standard InChI is InChI=1S/C24H23N7O3/c1-15-14-28(12-13-29(15)23(32)16-10-11-16)24-25-19-8-4-2-6-17(19)21-26-27-22(30(21)24)18-7-3-5-9-20(18)31(33)34/h2-9,15-16H,10-14H2,1H3/t15-/m1/s1. The number of para-hydroxylation sites is 2. The lowest BCUT2D eigenvalue weighted by Crippen LogP contribution is -2.55. The molecule has 2 aliphatic rings. The SMILES string of the molecule is C[C@@H]1CN(c2nc3ccccc3c3nnc(-c4ccccc4[N+](=O)[O-])n23)CCN1C(=O)C1CC1. The van der Waals surface area contributed by atoms with Gasteiger partial charge in [0.15, 0.2) is 11.5 Å². The third-order valence-corrected chi connectivity index (χ3v) is 6.69. The number of piperazine rings is 1. The Kier molecular flexibility index (Phi) is 4.68. The molecule has 1 aliphatic carbocycles. The highest BCUT2D eigenvalue weighted by Gasteiger charge is 2.38. The Labute approximate surface area is 195 Å². The number of hydrogen-bond acceptors (Lipinski definition) is 7. The fourth-order valence-corrected chi connectivity index (χ4v) is 4.81. The molecule has 0 bridgehead atoms. The van der Waals surface area contributed by atoms with Crippen molar-refractivity contribution in [3.63, 3.8) is 0 Å². The molecule has 1 amide bonds. The molecule has 1 saturated heterocycles. The third kappa shape index (κ3) is 3.25. The number of nitro groups is 1. The molecule has 0 spiro atoms. The van der Waals surface area contributed by atoms with Gasteiger partial charge in [-0.15, -0.1) is 10.2 Å². The average Bonchev–Trinajstić information content (AvgIpc) is 3.61. The molecule has 1 saturated carbocycles. The lowest BCUT2D eigenvalue weighted by Gasteiger charge is -2.40. The fraction of sp³-hybridized carbons (Fsp3) is 0.333. The molecule has 10 nitrogen and oxygen atoms in total. The Hall–Kier alpha value is -4.08. The van der Waals surface area contributed by atoms with Gasteiger partial charge in [0.2, 0.25) is 11.9 Å². The molecule has 10 heteroatoms. The van der Waals surface area contributed by atoms with Crippen LogP contribution in [0.4, 0.5) is 11.6 Å². The van der Waals surface area contributed by atoms with E-state index < -0.39 is 4.92 Å². The number of benzene rings is 2. The predicted octanol–water partition coefficient (Wildman–Crippen LogP) is 3.30. The van der Waals surface area contributed by atoms with Crippen LogP contribution in [-0.2, 0) is 4.79 Å². The number of amides is 1. The minimum absolute atomic E-state index is 0.0242. The zero-order valence-electron chi connectivity index (χ0n) is 18.7. The number of nitrogens with zero attached hydrogens (tertiary/aromatic N) is 7. The van der Waals surface area contributed by atoms with Crippen molar-refractivity contribution in [2.45, 2.75) is 25.8 Å².